The Labute approximate surface area is 120 Å². The van der Waals surface area contributed by atoms with E-state index in [2.05, 4.69) is 15.9 Å². The molecule has 0 aromatic heterocycles. The molecular formula is C11H15BrN2O4S. The summed E-state index contributed by atoms with van der Waals surface area (Å²) in [5.74, 6) is 0.413. The Morgan fingerprint density at radius 3 is 2.53 bits per heavy atom. The Morgan fingerprint density at radius 1 is 1.42 bits per heavy atom. The Balaban J connectivity index is 2.69. The number of benzene rings is 1. The van der Waals surface area contributed by atoms with Crippen molar-refractivity contribution in [3.8, 4) is 5.75 Å². The molecule has 0 heterocycles. The number of rotatable bonds is 5. The van der Waals surface area contributed by atoms with E-state index in [9.17, 15) is 13.2 Å². The van der Waals surface area contributed by atoms with E-state index in [1.165, 1.54) is 23.1 Å². The van der Waals surface area contributed by atoms with Crippen LogP contribution in [-0.2, 0) is 14.8 Å². The van der Waals surface area contributed by atoms with Crippen LogP contribution in [0.2, 0.25) is 0 Å². The van der Waals surface area contributed by atoms with Crippen molar-refractivity contribution in [2.45, 2.75) is 11.3 Å². The highest BCUT2D eigenvalue weighted by atomic mass is 79.9. The highest BCUT2D eigenvalue weighted by Crippen LogP contribution is 2.27. The Bertz CT molecular complexity index is 572. The van der Waals surface area contributed by atoms with Crippen molar-refractivity contribution >= 4 is 31.9 Å². The predicted molar refractivity (Wildman–Crippen MR) is 74.3 cm³/mol. The van der Waals surface area contributed by atoms with E-state index in [-0.39, 0.29) is 23.8 Å². The lowest BCUT2D eigenvalue weighted by molar-refractivity contribution is -0.129. The molecule has 0 radical (unpaired) electrons. The minimum Gasteiger partial charge on any atom is -0.492 e. The molecule has 1 aromatic rings. The van der Waals surface area contributed by atoms with E-state index < -0.39 is 10.0 Å². The summed E-state index contributed by atoms with van der Waals surface area (Å²) in [5, 5.41) is 5.01. The third kappa shape index (κ3) is 4.81. The van der Waals surface area contributed by atoms with Crippen LogP contribution in [0.4, 0.5) is 0 Å². The third-order valence-electron chi connectivity index (χ3n) is 2.30. The monoisotopic (exact) mass is 350 g/mol. The van der Waals surface area contributed by atoms with E-state index >= 15 is 0 Å². The number of carbonyl (C=O) groups excluding carboxylic acids is 1. The summed E-state index contributed by atoms with van der Waals surface area (Å²) in [7, 11) is -0.402. The molecule has 1 amide bonds. The number of amides is 1. The van der Waals surface area contributed by atoms with E-state index in [4.69, 9.17) is 9.88 Å². The summed E-state index contributed by atoms with van der Waals surface area (Å²) in [6, 6.07) is 4.20. The average Bonchev–Trinajstić information content (AvgIpc) is 2.29. The highest BCUT2D eigenvalue weighted by molar-refractivity contribution is 9.10. The number of carbonyl (C=O) groups is 1. The van der Waals surface area contributed by atoms with Crippen LogP contribution in [-0.4, -0.2) is 39.9 Å². The zero-order valence-electron chi connectivity index (χ0n) is 10.6. The van der Waals surface area contributed by atoms with E-state index in [0.717, 1.165) is 0 Å². The summed E-state index contributed by atoms with van der Waals surface area (Å²) in [4.78, 5) is 12.8. The fourth-order valence-corrected chi connectivity index (χ4v) is 2.43. The molecule has 0 atom stereocenters. The van der Waals surface area contributed by atoms with Gasteiger partial charge in [0.2, 0.25) is 15.9 Å². The van der Waals surface area contributed by atoms with Crippen LogP contribution in [0.25, 0.3) is 0 Å². The lowest BCUT2D eigenvalue weighted by Crippen LogP contribution is -2.23. The van der Waals surface area contributed by atoms with Gasteiger partial charge in [0.05, 0.1) is 22.4 Å². The van der Waals surface area contributed by atoms with Crippen molar-refractivity contribution in [2.24, 2.45) is 5.14 Å². The molecule has 6 nitrogen and oxygen atoms in total. The summed E-state index contributed by atoms with van der Waals surface area (Å²) in [5.41, 5.74) is 0. The molecule has 0 bridgehead atoms. The van der Waals surface area contributed by atoms with Gasteiger partial charge in [-0.2, -0.15) is 0 Å². The molecule has 2 N–H and O–H groups in total. The first-order valence-corrected chi connectivity index (χ1v) is 7.71. The van der Waals surface area contributed by atoms with Crippen LogP contribution in [0.3, 0.4) is 0 Å². The van der Waals surface area contributed by atoms with Gasteiger partial charge in [-0.25, -0.2) is 13.6 Å². The van der Waals surface area contributed by atoms with E-state index in [0.29, 0.717) is 10.2 Å². The molecule has 1 rings (SSSR count). The number of halogens is 1. The molecule has 0 aliphatic heterocycles. The number of hydrogen-bond donors (Lipinski definition) is 1. The molecule has 0 aliphatic rings. The van der Waals surface area contributed by atoms with Crippen LogP contribution < -0.4 is 9.88 Å². The molecular weight excluding hydrogens is 336 g/mol. The van der Waals surface area contributed by atoms with Gasteiger partial charge >= 0.3 is 0 Å². The number of hydrogen-bond acceptors (Lipinski definition) is 4. The van der Waals surface area contributed by atoms with Crippen molar-refractivity contribution in [3.63, 3.8) is 0 Å². The average molecular weight is 351 g/mol. The van der Waals surface area contributed by atoms with Crippen molar-refractivity contribution < 1.29 is 17.9 Å². The molecule has 106 valence electrons. The normalized spacial score (nSPS) is 11.2. The summed E-state index contributed by atoms with van der Waals surface area (Å²) >= 11 is 3.20. The van der Waals surface area contributed by atoms with Gasteiger partial charge in [-0.15, -0.1) is 0 Å². The van der Waals surface area contributed by atoms with Gasteiger partial charge in [-0.1, -0.05) is 0 Å². The van der Waals surface area contributed by atoms with Gasteiger partial charge in [0, 0.05) is 14.1 Å². The number of sulfonamides is 1. The maximum Gasteiger partial charge on any atom is 0.238 e. The van der Waals surface area contributed by atoms with Crippen LogP contribution in [0, 0.1) is 0 Å². The number of nitrogens with zero attached hydrogens (tertiary/aromatic N) is 1. The topological polar surface area (TPSA) is 89.7 Å². The fourth-order valence-electron chi connectivity index (χ4n) is 1.25. The van der Waals surface area contributed by atoms with Crippen molar-refractivity contribution in [1.29, 1.82) is 0 Å². The standard InChI is InChI=1S/C11H15BrN2O4S/c1-14(2)11(15)5-6-18-10-4-3-8(7-9(10)12)19(13,16)17/h3-4,7H,5-6H2,1-2H3,(H2,13,16,17). The maximum atomic E-state index is 11.3. The molecule has 0 unspecified atom stereocenters. The Kier molecular flexibility index (Phi) is 5.33. The summed E-state index contributed by atoms with van der Waals surface area (Å²) < 4.78 is 28.1. The van der Waals surface area contributed by atoms with Gasteiger partial charge in [0.1, 0.15) is 5.75 Å². The maximum absolute atomic E-state index is 11.3. The first-order valence-electron chi connectivity index (χ1n) is 5.37. The minimum atomic E-state index is -3.73. The molecule has 0 spiro atoms. The molecule has 0 fully saturated rings. The molecule has 0 aliphatic carbocycles. The molecule has 19 heavy (non-hydrogen) atoms. The Hall–Kier alpha value is -1.12. The molecule has 0 saturated carbocycles. The van der Waals surface area contributed by atoms with Gasteiger partial charge in [0.15, 0.2) is 0 Å². The molecule has 8 heteroatoms. The highest BCUT2D eigenvalue weighted by Gasteiger charge is 2.11. The molecule has 0 saturated heterocycles. The predicted octanol–water partition coefficient (Wildman–Crippen LogP) is 0.954. The lowest BCUT2D eigenvalue weighted by Gasteiger charge is -2.12. The zero-order valence-corrected chi connectivity index (χ0v) is 13.0. The van der Waals surface area contributed by atoms with Crippen LogP contribution >= 0.6 is 15.9 Å². The van der Waals surface area contributed by atoms with Crippen molar-refractivity contribution in [2.75, 3.05) is 20.7 Å². The van der Waals surface area contributed by atoms with Crippen LogP contribution in [0.5, 0.6) is 5.75 Å². The van der Waals surface area contributed by atoms with Gasteiger partial charge in [-0.05, 0) is 34.1 Å². The number of ether oxygens (including phenoxy) is 1. The van der Waals surface area contributed by atoms with E-state index in [1.807, 2.05) is 0 Å². The second-order valence-corrected chi connectivity index (χ2v) is 6.44. The molecule has 1 aromatic carbocycles. The second-order valence-electron chi connectivity index (χ2n) is 4.02. The first kappa shape index (κ1) is 15.9. The fraction of sp³-hybridized carbons (Fsp3) is 0.364. The first-order chi connectivity index (χ1) is 8.71. The van der Waals surface area contributed by atoms with Crippen molar-refractivity contribution in [3.05, 3.63) is 22.7 Å². The largest absolute Gasteiger partial charge is 0.492 e. The van der Waals surface area contributed by atoms with Crippen LogP contribution in [0.15, 0.2) is 27.6 Å². The van der Waals surface area contributed by atoms with Crippen molar-refractivity contribution in [1.82, 2.24) is 4.90 Å². The summed E-state index contributed by atoms with van der Waals surface area (Å²) in [6.07, 6.45) is 0.246. The zero-order chi connectivity index (χ0) is 14.6. The Morgan fingerprint density at radius 2 is 2.05 bits per heavy atom. The number of primary sulfonamides is 1. The van der Waals surface area contributed by atoms with Gasteiger partial charge in [-0.3, -0.25) is 4.79 Å². The van der Waals surface area contributed by atoms with Crippen LogP contribution in [0.1, 0.15) is 6.42 Å². The lowest BCUT2D eigenvalue weighted by atomic mass is 10.3. The summed E-state index contributed by atoms with van der Waals surface area (Å²) in [6.45, 7) is 0.213. The van der Waals surface area contributed by atoms with Gasteiger partial charge in [0.25, 0.3) is 0 Å². The minimum absolute atomic E-state index is 0.00362. The SMILES string of the molecule is CN(C)C(=O)CCOc1ccc(S(N)(=O)=O)cc1Br. The second kappa shape index (κ2) is 6.36. The quantitative estimate of drug-likeness (QED) is 0.855. The third-order valence-corrected chi connectivity index (χ3v) is 3.83. The smallest absolute Gasteiger partial charge is 0.238 e. The van der Waals surface area contributed by atoms with E-state index in [1.54, 1.807) is 14.1 Å². The number of nitrogens with two attached hydrogens (primary N) is 1. The van der Waals surface area contributed by atoms with Gasteiger partial charge < -0.3 is 9.64 Å².